The molecule has 0 spiro atoms. The predicted molar refractivity (Wildman–Crippen MR) is 107 cm³/mol. The number of hydrogen-bond donors (Lipinski definition) is 1. The van der Waals surface area contributed by atoms with Crippen LogP contribution in [0.2, 0.25) is 0 Å². The number of piperidine rings is 1. The largest absolute Gasteiger partial charge is 0.490 e. The SMILES string of the molecule is Cc1ccc(C)c(OC2CCN(C(=O)COc3ccc(C(N)=O)cc3)CC2)c1. The van der Waals surface area contributed by atoms with Crippen molar-refractivity contribution >= 4 is 11.8 Å². The maximum atomic E-state index is 12.4. The third-order valence-corrected chi connectivity index (χ3v) is 4.93. The Labute approximate surface area is 165 Å². The summed E-state index contributed by atoms with van der Waals surface area (Å²) in [6.45, 7) is 5.37. The van der Waals surface area contributed by atoms with Gasteiger partial charge in [0.05, 0.1) is 0 Å². The second kappa shape index (κ2) is 8.78. The molecule has 0 aliphatic carbocycles. The molecule has 28 heavy (non-hydrogen) atoms. The fourth-order valence-electron chi connectivity index (χ4n) is 3.19. The summed E-state index contributed by atoms with van der Waals surface area (Å²) in [4.78, 5) is 25.3. The Kier molecular flexibility index (Phi) is 6.19. The van der Waals surface area contributed by atoms with Crippen molar-refractivity contribution in [2.24, 2.45) is 5.73 Å². The van der Waals surface area contributed by atoms with Crippen molar-refractivity contribution in [3.63, 3.8) is 0 Å². The zero-order valence-electron chi connectivity index (χ0n) is 16.3. The Morgan fingerprint density at radius 3 is 2.39 bits per heavy atom. The van der Waals surface area contributed by atoms with E-state index in [1.807, 2.05) is 6.92 Å². The summed E-state index contributed by atoms with van der Waals surface area (Å²) in [7, 11) is 0. The summed E-state index contributed by atoms with van der Waals surface area (Å²) < 4.78 is 11.7. The second-order valence-corrected chi connectivity index (χ2v) is 7.14. The smallest absolute Gasteiger partial charge is 0.260 e. The van der Waals surface area contributed by atoms with Gasteiger partial charge in [0.2, 0.25) is 5.91 Å². The molecule has 1 aliphatic rings. The minimum Gasteiger partial charge on any atom is -0.490 e. The van der Waals surface area contributed by atoms with Crippen molar-refractivity contribution in [1.82, 2.24) is 4.90 Å². The van der Waals surface area contributed by atoms with Gasteiger partial charge < -0.3 is 20.1 Å². The van der Waals surface area contributed by atoms with Gasteiger partial charge in [-0.25, -0.2) is 0 Å². The number of likely N-dealkylation sites (tertiary alicyclic amines) is 1. The van der Waals surface area contributed by atoms with Crippen molar-refractivity contribution in [2.75, 3.05) is 19.7 Å². The highest BCUT2D eigenvalue weighted by Crippen LogP contribution is 2.24. The number of nitrogens with zero attached hydrogens (tertiary/aromatic N) is 1. The first kappa shape index (κ1) is 19.7. The first-order valence-electron chi connectivity index (χ1n) is 9.47. The molecule has 2 aromatic rings. The molecule has 3 rings (SSSR count). The van der Waals surface area contributed by atoms with Gasteiger partial charge in [-0.1, -0.05) is 12.1 Å². The highest BCUT2D eigenvalue weighted by Gasteiger charge is 2.24. The number of aryl methyl sites for hydroxylation is 2. The Morgan fingerprint density at radius 2 is 1.75 bits per heavy atom. The van der Waals surface area contributed by atoms with E-state index in [4.69, 9.17) is 15.2 Å². The molecule has 0 unspecified atom stereocenters. The normalized spacial score (nSPS) is 14.6. The molecular formula is C22H26N2O4. The van der Waals surface area contributed by atoms with Crippen LogP contribution in [0.5, 0.6) is 11.5 Å². The monoisotopic (exact) mass is 382 g/mol. The van der Waals surface area contributed by atoms with E-state index in [1.165, 1.54) is 5.56 Å². The van der Waals surface area contributed by atoms with Gasteiger partial charge >= 0.3 is 0 Å². The molecule has 0 radical (unpaired) electrons. The number of ether oxygens (including phenoxy) is 2. The lowest BCUT2D eigenvalue weighted by molar-refractivity contribution is -0.135. The molecule has 6 nitrogen and oxygen atoms in total. The Hall–Kier alpha value is -3.02. The van der Waals surface area contributed by atoms with E-state index in [0.29, 0.717) is 24.4 Å². The van der Waals surface area contributed by atoms with Gasteiger partial charge in [-0.15, -0.1) is 0 Å². The highest BCUT2D eigenvalue weighted by atomic mass is 16.5. The van der Waals surface area contributed by atoms with Crippen LogP contribution >= 0.6 is 0 Å². The average Bonchev–Trinajstić information content (AvgIpc) is 2.70. The molecule has 2 aromatic carbocycles. The van der Waals surface area contributed by atoms with Gasteiger partial charge in [-0.05, 0) is 55.3 Å². The van der Waals surface area contributed by atoms with E-state index in [1.54, 1.807) is 29.2 Å². The summed E-state index contributed by atoms with van der Waals surface area (Å²) in [6.07, 6.45) is 1.71. The topological polar surface area (TPSA) is 81.9 Å². The van der Waals surface area contributed by atoms with Crippen LogP contribution in [-0.4, -0.2) is 42.5 Å². The van der Waals surface area contributed by atoms with Gasteiger partial charge in [0.15, 0.2) is 6.61 Å². The van der Waals surface area contributed by atoms with Crippen molar-refractivity contribution < 1.29 is 19.1 Å². The number of hydrogen-bond acceptors (Lipinski definition) is 4. The number of carbonyl (C=O) groups excluding carboxylic acids is 2. The quantitative estimate of drug-likeness (QED) is 0.833. The van der Waals surface area contributed by atoms with E-state index < -0.39 is 5.91 Å². The lowest BCUT2D eigenvalue weighted by Gasteiger charge is -2.32. The van der Waals surface area contributed by atoms with Gasteiger partial charge in [0.25, 0.3) is 5.91 Å². The molecule has 6 heteroatoms. The van der Waals surface area contributed by atoms with Crippen LogP contribution in [0.1, 0.15) is 34.3 Å². The summed E-state index contributed by atoms with van der Waals surface area (Å²) in [6, 6.07) is 12.6. The van der Waals surface area contributed by atoms with Crippen molar-refractivity contribution in [1.29, 1.82) is 0 Å². The molecule has 1 fully saturated rings. The number of benzene rings is 2. The molecular weight excluding hydrogens is 356 g/mol. The molecule has 1 saturated heterocycles. The number of nitrogens with two attached hydrogens (primary N) is 1. The number of carbonyl (C=O) groups is 2. The molecule has 148 valence electrons. The summed E-state index contributed by atoms with van der Waals surface area (Å²) in [5, 5.41) is 0. The molecule has 0 bridgehead atoms. The number of primary amides is 1. The van der Waals surface area contributed by atoms with E-state index in [-0.39, 0.29) is 18.6 Å². The molecule has 0 atom stereocenters. The second-order valence-electron chi connectivity index (χ2n) is 7.14. The van der Waals surface area contributed by atoms with Crippen molar-refractivity contribution in [2.45, 2.75) is 32.8 Å². The lowest BCUT2D eigenvalue weighted by atomic mass is 10.1. The van der Waals surface area contributed by atoms with Crippen LogP contribution < -0.4 is 15.2 Å². The van der Waals surface area contributed by atoms with E-state index in [0.717, 1.165) is 24.2 Å². The molecule has 2 N–H and O–H groups in total. The molecule has 1 aliphatic heterocycles. The zero-order chi connectivity index (χ0) is 20.1. The minimum absolute atomic E-state index is 0.0293. The third kappa shape index (κ3) is 5.03. The Morgan fingerprint density at radius 1 is 1.07 bits per heavy atom. The minimum atomic E-state index is -0.492. The van der Waals surface area contributed by atoms with Crippen LogP contribution in [0.25, 0.3) is 0 Å². The molecule has 2 amide bonds. The maximum absolute atomic E-state index is 12.4. The molecule has 0 aromatic heterocycles. The van der Waals surface area contributed by atoms with Crippen LogP contribution in [0, 0.1) is 13.8 Å². The van der Waals surface area contributed by atoms with Gasteiger partial charge in [-0.2, -0.15) is 0 Å². The fourth-order valence-corrected chi connectivity index (χ4v) is 3.19. The summed E-state index contributed by atoms with van der Waals surface area (Å²) in [5.41, 5.74) is 7.92. The van der Waals surface area contributed by atoms with E-state index in [2.05, 4.69) is 25.1 Å². The predicted octanol–water partition coefficient (Wildman–Crippen LogP) is 2.85. The van der Waals surface area contributed by atoms with Gasteiger partial charge in [0.1, 0.15) is 17.6 Å². The van der Waals surface area contributed by atoms with Crippen LogP contribution in [-0.2, 0) is 4.79 Å². The third-order valence-electron chi connectivity index (χ3n) is 4.93. The lowest BCUT2D eigenvalue weighted by Crippen LogP contribution is -2.43. The standard InChI is InChI=1S/C22H26N2O4/c1-15-3-4-16(2)20(13-15)28-19-9-11-24(12-10-19)21(25)14-27-18-7-5-17(6-8-18)22(23)26/h3-8,13,19H,9-12,14H2,1-2H3,(H2,23,26). The number of amides is 2. The van der Waals surface area contributed by atoms with Gasteiger partial charge in [0, 0.05) is 31.5 Å². The maximum Gasteiger partial charge on any atom is 0.260 e. The molecule has 1 heterocycles. The van der Waals surface area contributed by atoms with Crippen LogP contribution in [0.4, 0.5) is 0 Å². The van der Waals surface area contributed by atoms with Crippen molar-refractivity contribution in [3.8, 4) is 11.5 Å². The first-order valence-corrected chi connectivity index (χ1v) is 9.47. The fraction of sp³-hybridized carbons (Fsp3) is 0.364. The van der Waals surface area contributed by atoms with E-state index >= 15 is 0 Å². The molecule has 0 saturated carbocycles. The zero-order valence-corrected chi connectivity index (χ0v) is 16.3. The highest BCUT2D eigenvalue weighted by molar-refractivity contribution is 5.92. The van der Waals surface area contributed by atoms with Crippen molar-refractivity contribution in [3.05, 3.63) is 59.2 Å². The average molecular weight is 382 g/mol. The van der Waals surface area contributed by atoms with Gasteiger partial charge in [-0.3, -0.25) is 9.59 Å². The Bertz CT molecular complexity index is 840. The first-order chi connectivity index (χ1) is 13.4. The Balaban J connectivity index is 1.45. The van der Waals surface area contributed by atoms with Crippen LogP contribution in [0.3, 0.4) is 0 Å². The number of rotatable bonds is 6. The van der Waals surface area contributed by atoms with E-state index in [9.17, 15) is 9.59 Å². The van der Waals surface area contributed by atoms with Crippen LogP contribution in [0.15, 0.2) is 42.5 Å². The summed E-state index contributed by atoms with van der Waals surface area (Å²) in [5.74, 6) is 0.914. The summed E-state index contributed by atoms with van der Waals surface area (Å²) >= 11 is 0.